The first-order valence-electron chi connectivity index (χ1n) is 9.69. The Kier molecular flexibility index (Phi) is 6.03. The van der Waals surface area contributed by atoms with Crippen LogP contribution in [-0.4, -0.2) is 4.98 Å². The monoisotopic (exact) mass is 339 g/mol. The van der Waals surface area contributed by atoms with Crippen LogP contribution in [0.2, 0.25) is 0 Å². The second-order valence-electron chi connectivity index (χ2n) is 8.58. The summed E-state index contributed by atoms with van der Waals surface area (Å²) in [4.78, 5) is 4.66. The van der Waals surface area contributed by atoms with E-state index in [1.165, 1.54) is 36.1 Å². The number of aromatic nitrogens is 2. The Hall–Kier alpha value is -1.70. The fraction of sp³-hybridized carbons (Fsp3) is 0.565. The van der Waals surface area contributed by atoms with Crippen molar-refractivity contribution in [3.8, 4) is 11.3 Å². The van der Waals surface area contributed by atoms with Crippen molar-refractivity contribution in [2.75, 3.05) is 0 Å². The molecule has 0 radical (unpaired) electrons. The third kappa shape index (κ3) is 4.29. The van der Waals surface area contributed by atoms with Gasteiger partial charge in [0.2, 0.25) is 0 Å². The van der Waals surface area contributed by atoms with Crippen molar-refractivity contribution in [3.63, 3.8) is 0 Å². The summed E-state index contributed by atoms with van der Waals surface area (Å²) in [5.74, 6) is 0. The van der Waals surface area contributed by atoms with Gasteiger partial charge in [-0.15, -0.1) is 0 Å². The zero-order valence-corrected chi connectivity index (χ0v) is 17.2. The van der Waals surface area contributed by atoms with Gasteiger partial charge in [-0.05, 0) is 23.8 Å². The minimum atomic E-state index is 0.0498. The average molecular weight is 340 g/mol. The first-order chi connectivity index (χ1) is 11.7. The Morgan fingerprint density at radius 2 is 1.72 bits per heavy atom. The van der Waals surface area contributed by atoms with E-state index in [2.05, 4.69) is 88.5 Å². The van der Waals surface area contributed by atoms with Gasteiger partial charge >= 0.3 is 0 Å². The van der Waals surface area contributed by atoms with Crippen molar-refractivity contribution in [1.29, 1.82) is 0 Å². The molecule has 0 saturated carbocycles. The molecule has 25 heavy (non-hydrogen) atoms. The standard InChI is InChI=1S/C23H35N2/c1-8-10-15-23(6,9-2)19-14-12-11-13-18(19)20-16-21(22(3,4)5)24-17-25(20)7/h11-14,16-17H,8-10,15H2,1-7H3/q+1. The van der Waals surface area contributed by atoms with Crippen molar-refractivity contribution in [1.82, 2.24) is 4.98 Å². The van der Waals surface area contributed by atoms with E-state index in [-0.39, 0.29) is 10.8 Å². The topological polar surface area (TPSA) is 16.8 Å². The van der Waals surface area contributed by atoms with Crippen LogP contribution in [0.4, 0.5) is 0 Å². The van der Waals surface area contributed by atoms with Crippen molar-refractivity contribution in [3.05, 3.63) is 47.9 Å². The predicted molar refractivity (Wildman–Crippen MR) is 107 cm³/mol. The Morgan fingerprint density at radius 3 is 2.32 bits per heavy atom. The normalized spacial score (nSPS) is 14.4. The van der Waals surface area contributed by atoms with Crippen LogP contribution in [0.3, 0.4) is 0 Å². The maximum atomic E-state index is 4.66. The Balaban J connectivity index is 2.62. The van der Waals surface area contributed by atoms with Crippen LogP contribution in [0, 0.1) is 0 Å². The van der Waals surface area contributed by atoms with Gasteiger partial charge in [0.1, 0.15) is 5.69 Å². The van der Waals surface area contributed by atoms with E-state index in [1.807, 2.05) is 6.33 Å². The van der Waals surface area contributed by atoms with Crippen molar-refractivity contribution in [2.24, 2.45) is 7.05 Å². The van der Waals surface area contributed by atoms with Gasteiger partial charge < -0.3 is 0 Å². The molecule has 2 rings (SSSR count). The van der Waals surface area contributed by atoms with E-state index in [9.17, 15) is 0 Å². The number of benzene rings is 1. The third-order valence-electron chi connectivity index (χ3n) is 5.51. The molecule has 1 unspecified atom stereocenters. The van der Waals surface area contributed by atoms with Gasteiger partial charge in [-0.1, -0.05) is 83.6 Å². The summed E-state index contributed by atoms with van der Waals surface area (Å²) in [6.07, 6.45) is 6.87. The minimum Gasteiger partial charge on any atom is -0.233 e. The highest BCUT2D eigenvalue weighted by atomic mass is 15.0. The quantitative estimate of drug-likeness (QED) is 0.614. The molecule has 0 spiro atoms. The maximum absolute atomic E-state index is 4.66. The zero-order valence-electron chi connectivity index (χ0n) is 17.2. The maximum Gasteiger partial charge on any atom is 0.286 e. The van der Waals surface area contributed by atoms with E-state index in [1.54, 1.807) is 0 Å². The fourth-order valence-corrected chi connectivity index (χ4v) is 3.46. The Labute approximate surface area is 154 Å². The minimum absolute atomic E-state index is 0.0498. The van der Waals surface area contributed by atoms with Crippen molar-refractivity contribution in [2.45, 2.75) is 78.1 Å². The van der Waals surface area contributed by atoms with Gasteiger partial charge in [-0.3, -0.25) is 0 Å². The highest BCUT2D eigenvalue weighted by molar-refractivity contribution is 5.63. The lowest BCUT2D eigenvalue weighted by Gasteiger charge is -2.31. The summed E-state index contributed by atoms with van der Waals surface area (Å²) in [5.41, 5.74) is 5.47. The summed E-state index contributed by atoms with van der Waals surface area (Å²) in [6, 6.07) is 11.2. The average Bonchev–Trinajstić information content (AvgIpc) is 2.59. The molecule has 2 nitrogen and oxygen atoms in total. The second kappa shape index (κ2) is 7.68. The molecule has 2 heteroatoms. The molecular weight excluding hydrogens is 304 g/mol. The molecule has 0 fully saturated rings. The Morgan fingerprint density at radius 1 is 1.04 bits per heavy atom. The zero-order chi connectivity index (χ0) is 18.7. The van der Waals surface area contributed by atoms with E-state index in [0.717, 1.165) is 12.1 Å². The summed E-state index contributed by atoms with van der Waals surface area (Å²) in [7, 11) is 2.10. The lowest BCUT2D eigenvalue weighted by atomic mass is 9.73. The molecule has 0 amide bonds. The van der Waals surface area contributed by atoms with Crippen molar-refractivity contribution >= 4 is 0 Å². The smallest absolute Gasteiger partial charge is 0.233 e. The van der Waals surface area contributed by atoms with Crippen LogP contribution in [0.15, 0.2) is 36.7 Å². The molecule has 1 aromatic carbocycles. The van der Waals surface area contributed by atoms with E-state index >= 15 is 0 Å². The number of unbranched alkanes of at least 4 members (excludes halogenated alkanes) is 1. The van der Waals surface area contributed by atoms with Crippen LogP contribution >= 0.6 is 0 Å². The van der Waals surface area contributed by atoms with Gasteiger partial charge in [0, 0.05) is 17.0 Å². The van der Waals surface area contributed by atoms with Crippen LogP contribution < -0.4 is 4.57 Å². The number of hydrogen-bond acceptors (Lipinski definition) is 1. The molecule has 0 aliphatic carbocycles. The fourth-order valence-electron chi connectivity index (χ4n) is 3.46. The summed E-state index contributed by atoms with van der Waals surface area (Å²) < 4.78 is 2.16. The molecule has 0 bridgehead atoms. The summed E-state index contributed by atoms with van der Waals surface area (Å²) >= 11 is 0. The number of aryl methyl sites for hydroxylation is 1. The molecule has 0 N–H and O–H groups in total. The first-order valence-corrected chi connectivity index (χ1v) is 9.69. The highest BCUT2D eigenvalue weighted by Crippen LogP contribution is 2.38. The van der Waals surface area contributed by atoms with Crippen molar-refractivity contribution < 1.29 is 4.57 Å². The lowest BCUT2D eigenvalue weighted by Crippen LogP contribution is -2.34. The highest BCUT2D eigenvalue weighted by Gasteiger charge is 2.29. The summed E-state index contributed by atoms with van der Waals surface area (Å²) in [6.45, 7) is 13.7. The molecule has 1 heterocycles. The molecule has 0 saturated heterocycles. The Bertz CT molecular complexity index is 712. The largest absolute Gasteiger partial charge is 0.286 e. The molecule has 1 atom stereocenters. The van der Waals surface area contributed by atoms with Gasteiger partial charge in [0.25, 0.3) is 6.33 Å². The lowest BCUT2D eigenvalue weighted by molar-refractivity contribution is -0.663. The molecule has 1 aromatic heterocycles. The van der Waals surface area contributed by atoms with Gasteiger partial charge in [-0.2, -0.15) is 0 Å². The summed E-state index contributed by atoms with van der Waals surface area (Å²) in [5, 5.41) is 0. The van der Waals surface area contributed by atoms with Crippen LogP contribution in [0.25, 0.3) is 11.3 Å². The number of hydrogen-bond donors (Lipinski definition) is 0. The second-order valence-corrected chi connectivity index (χ2v) is 8.58. The van der Waals surface area contributed by atoms with Crippen LogP contribution in [-0.2, 0) is 17.9 Å². The van der Waals surface area contributed by atoms with Crippen LogP contribution in [0.1, 0.15) is 78.5 Å². The molecular formula is C23H35N2+. The number of nitrogens with zero attached hydrogens (tertiary/aromatic N) is 2. The van der Waals surface area contributed by atoms with E-state index in [0.29, 0.717) is 0 Å². The van der Waals surface area contributed by atoms with Gasteiger partial charge in [0.05, 0.1) is 7.05 Å². The molecule has 2 aromatic rings. The van der Waals surface area contributed by atoms with Gasteiger partial charge in [-0.25, -0.2) is 4.57 Å². The first kappa shape index (κ1) is 19.6. The SMILES string of the molecule is CCCCC(C)(CC)c1ccccc1-c1cc(C(C)(C)C)nc[n+]1C. The van der Waals surface area contributed by atoms with E-state index < -0.39 is 0 Å². The molecule has 0 aliphatic rings. The number of rotatable bonds is 6. The van der Waals surface area contributed by atoms with Gasteiger partial charge in [0.15, 0.2) is 5.69 Å². The molecule has 0 aliphatic heterocycles. The molecule has 136 valence electrons. The predicted octanol–water partition coefficient (Wildman–Crippen LogP) is 5.73. The van der Waals surface area contributed by atoms with Crippen LogP contribution in [0.5, 0.6) is 0 Å². The van der Waals surface area contributed by atoms with E-state index in [4.69, 9.17) is 0 Å². The third-order valence-corrected chi connectivity index (χ3v) is 5.51.